The van der Waals surface area contributed by atoms with Crippen LogP contribution in [0.4, 0.5) is 0 Å². The zero-order valence-electron chi connectivity index (χ0n) is 19.2. The molecule has 0 aliphatic heterocycles. The van der Waals surface area contributed by atoms with E-state index in [0.717, 1.165) is 44.1 Å². The van der Waals surface area contributed by atoms with Gasteiger partial charge in [0.05, 0.1) is 24.7 Å². The molecule has 4 nitrogen and oxygen atoms in total. The summed E-state index contributed by atoms with van der Waals surface area (Å²) < 4.78 is 11.0. The van der Waals surface area contributed by atoms with E-state index in [1.807, 2.05) is 6.92 Å². The van der Waals surface area contributed by atoms with Crippen LogP contribution in [0.5, 0.6) is 0 Å². The molecule has 0 saturated carbocycles. The Morgan fingerprint density at radius 1 is 0.793 bits per heavy atom. The summed E-state index contributed by atoms with van der Waals surface area (Å²) in [6, 6.07) is 0. The topological polar surface area (TPSA) is 52.6 Å². The SMILES string of the molecule is CCCCCCCCOC(=O)C1=C(C)CCCC1C(=O)OCCCCCCCC. The number of allylic oxidation sites excluding steroid dienone is 1. The molecule has 1 aliphatic rings. The minimum atomic E-state index is -0.444. The van der Waals surface area contributed by atoms with Gasteiger partial charge in [0.25, 0.3) is 0 Å². The van der Waals surface area contributed by atoms with E-state index < -0.39 is 5.92 Å². The number of esters is 2. The molecule has 1 unspecified atom stereocenters. The highest BCUT2D eigenvalue weighted by Gasteiger charge is 2.34. The van der Waals surface area contributed by atoms with Crippen molar-refractivity contribution in [1.82, 2.24) is 0 Å². The first-order valence-electron chi connectivity index (χ1n) is 12.1. The van der Waals surface area contributed by atoms with Gasteiger partial charge in [0.2, 0.25) is 0 Å². The van der Waals surface area contributed by atoms with Crippen molar-refractivity contribution in [2.75, 3.05) is 13.2 Å². The van der Waals surface area contributed by atoms with Gasteiger partial charge < -0.3 is 9.47 Å². The van der Waals surface area contributed by atoms with Crippen molar-refractivity contribution in [2.45, 2.75) is 117 Å². The van der Waals surface area contributed by atoms with Gasteiger partial charge in [-0.1, -0.05) is 83.6 Å². The van der Waals surface area contributed by atoms with Gasteiger partial charge >= 0.3 is 11.9 Å². The van der Waals surface area contributed by atoms with Crippen molar-refractivity contribution in [2.24, 2.45) is 5.92 Å². The summed E-state index contributed by atoms with van der Waals surface area (Å²) in [4.78, 5) is 25.3. The van der Waals surface area contributed by atoms with Crippen LogP contribution in [-0.4, -0.2) is 25.2 Å². The quantitative estimate of drug-likeness (QED) is 0.206. The third-order valence-electron chi connectivity index (χ3n) is 5.83. The van der Waals surface area contributed by atoms with Crippen molar-refractivity contribution in [3.8, 4) is 0 Å². The third kappa shape index (κ3) is 10.9. The largest absolute Gasteiger partial charge is 0.465 e. The molecule has 0 aromatic heterocycles. The second kappa shape index (κ2) is 16.5. The molecular weight excluding hydrogens is 364 g/mol. The molecular formula is C25H44O4. The zero-order chi connectivity index (χ0) is 21.3. The normalized spacial score (nSPS) is 16.7. The minimum absolute atomic E-state index is 0.246. The third-order valence-corrected chi connectivity index (χ3v) is 5.83. The molecule has 0 heterocycles. The molecule has 0 N–H and O–H groups in total. The lowest BCUT2D eigenvalue weighted by atomic mass is 9.83. The van der Waals surface area contributed by atoms with Crippen LogP contribution in [0, 0.1) is 5.92 Å². The van der Waals surface area contributed by atoms with E-state index in [4.69, 9.17) is 9.47 Å². The van der Waals surface area contributed by atoms with Crippen molar-refractivity contribution < 1.29 is 19.1 Å². The molecule has 0 fully saturated rings. The molecule has 0 bridgehead atoms. The number of rotatable bonds is 16. The summed E-state index contributed by atoms with van der Waals surface area (Å²) in [5, 5.41) is 0. The molecule has 0 saturated heterocycles. The molecule has 0 radical (unpaired) electrons. The van der Waals surface area contributed by atoms with Crippen LogP contribution in [-0.2, 0) is 19.1 Å². The van der Waals surface area contributed by atoms with E-state index in [1.54, 1.807) is 0 Å². The maximum atomic E-state index is 12.6. The minimum Gasteiger partial charge on any atom is -0.465 e. The molecule has 1 aliphatic carbocycles. The lowest BCUT2D eigenvalue weighted by Gasteiger charge is -2.24. The lowest BCUT2D eigenvalue weighted by Crippen LogP contribution is -2.29. The van der Waals surface area contributed by atoms with Crippen LogP contribution in [0.2, 0.25) is 0 Å². The van der Waals surface area contributed by atoms with Gasteiger partial charge in [0.15, 0.2) is 0 Å². The summed E-state index contributed by atoms with van der Waals surface area (Å²) in [7, 11) is 0. The average Bonchev–Trinajstić information content (AvgIpc) is 2.72. The Morgan fingerprint density at radius 2 is 1.31 bits per heavy atom. The van der Waals surface area contributed by atoms with Crippen LogP contribution >= 0.6 is 0 Å². The molecule has 4 heteroatoms. The molecule has 168 valence electrons. The van der Waals surface area contributed by atoms with Gasteiger partial charge in [-0.3, -0.25) is 4.79 Å². The summed E-state index contributed by atoms with van der Waals surface area (Å²) in [6.07, 6.45) is 16.4. The summed E-state index contributed by atoms with van der Waals surface area (Å²) >= 11 is 0. The predicted octanol–water partition coefficient (Wildman–Crippen LogP) is 6.91. The van der Waals surface area contributed by atoms with Crippen LogP contribution in [0.3, 0.4) is 0 Å². The number of hydrogen-bond acceptors (Lipinski definition) is 4. The van der Waals surface area contributed by atoms with Crippen molar-refractivity contribution in [3.05, 3.63) is 11.1 Å². The molecule has 0 aromatic carbocycles. The number of unbranched alkanes of at least 4 members (excludes halogenated alkanes) is 10. The molecule has 0 aromatic rings. The highest BCUT2D eigenvalue weighted by molar-refractivity contribution is 5.96. The van der Waals surface area contributed by atoms with E-state index in [1.165, 1.54) is 51.4 Å². The highest BCUT2D eigenvalue weighted by Crippen LogP contribution is 2.32. The van der Waals surface area contributed by atoms with Gasteiger partial charge in [-0.15, -0.1) is 0 Å². The van der Waals surface area contributed by atoms with Crippen LogP contribution in [0.25, 0.3) is 0 Å². The van der Waals surface area contributed by atoms with Gasteiger partial charge in [-0.05, 0) is 39.0 Å². The molecule has 1 rings (SSSR count). The first-order valence-corrected chi connectivity index (χ1v) is 12.1. The first kappa shape index (κ1) is 25.7. The Hall–Kier alpha value is -1.32. The van der Waals surface area contributed by atoms with Crippen LogP contribution < -0.4 is 0 Å². The van der Waals surface area contributed by atoms with Gasteiger partial charge in [-0.2, -0.15) is 0 Å². The van der Waals surface area contributed by atoms with Gasteiger partial charge in [0.1, 0.15) is 0 Å². The van der Waals surface area contributed by atoms with E-state index in [-0.39, 0.29) is 11.9 Å². The second-order valence-electron chi connectivity index (χ2n) is 8.48. The van der Waals surface area contributed by atoms with E-state index in [0.29, 0.717) is 25.2 Å². The Labute approximate surface area is 178 Å². The van der Waals surface area contributed by atoms with Crippen molar-refractivity contribution in [1.29, 1.82) is 0 Å². The Bertz CT molecular complexity index is 495. The fourth-order valence-electron chi connectivity index (χ4n) is 3.98. The maximum absolute atomic E-state index is 12.6. The summed E-state index contributed by atoms with van der Waals surface area (Å²) in [5.41, 5.74) is 1.56. The number of carbonyl (C=O) groups excluding carboxylic acids is 2. The average molecular weight is 409 g/mol. The maximum Gasteiger partial charge on any atom is 0.334 e. The standard InChI is InChI=1S/C25H44O4/c1-4-6-8-10-12-14-19-28-24(26)22-18-16-17-21(3)23(22)25(27)29-20-15-13-11-9-7-5-2/h22H,4-20H2,1-3H3. The number of ether oxygens (including phenoxy) is 2. The van der Waals surface area contributed by atoms with Gasteiger partial charge in [-0.25, -0.2) is 4.79 Å². The Balaban J connectivity index is 2.37. The molecule has 0 amide bonds. The molecule has 29 heavy (non-hydrogen) atoms. The van der Waals surface area contributed by atoms with Gasteiger partial charge in [0, 0.05) is 0 Å². The second-order valence-corrected chi connectivity index (χ2v) is 8.48. The first-order chi connectivity index (χ1) is 14.1. The highest BCUT2D eigenvalue weighted by atomic mass is 16.5. The molecule has 0 spiro atoms. The molecule has 1 atom stereocenters. The predicted molar refractivity (Wildman–Crippen MR) is 119 cm³/mol. The zero-order valence-corrected chi connectivity index (χ0v) is 19.2. The summed E-state index contributed by atoms with van der Waals surface area (Å²) in [6.45, 7) is 7.27. The van der Waals surface area contributed by atoms with Crippen molar-refractivity contribution in [3.63, 3.8) is 0 Å². The summed E-state index contributed by atoms with van der Waals surface area (Å²) in [5.74, 6) is -0.998. The van der Waals surface area contributed by atoms with Crippen LogP contribution in [0.1, 0.15) is 117 Å². The fraction of sp³-hybridized carbons (Fsp3) is 0.840. The number of carbonyl (C=O) groups is 2. The van der Waals surface area contributed by atoms with Crippen LogP contribution in [0.15, 0.2) is 11.1 Å². The fourth-order valence-corrected chi connectivity index (χ4v) is 3.98. The monoisotopic (exact) mass is 408 g/mol. The lowest BCUT2D eigenvalue weighted by molar-refractivity contribution is -0.151. The van der Waals surface area contributed by atoms with E-state index in [2.05, 4.69) is 13.8 Å². The Morgan fingerprint density at radius 3 is 1.90 bits per heavy atom. The van der Waals surface area contributed by atoms with E-state index in [9.17, 15) is 9.59 Å². The van der Waals surface area contributed by atoms with E-state index >= 15 is 0 Å². The van der Waals surface area contributed by atoms with Crippen molar-refractivity contribution >= 4 is 11.9 Å². The Kier molecular flexibility index (Phi) is 14.6. The number of hydrogen-bond donors (Lipinski definition) is 0. The smallest absolute Gasteiger partial charge is 0.334 e.